The second-order valence-corrected chi connectivity index (χ2v) is 5.16. The quantitative estimate of drug-likeness (QED) is 0.843. The van der Waals surface area contributed by atoms with E-state index >= 15 is 0 Å². The second-order valence-electron chi connectivity index (χ2n) is 4.36. The zero-order valence-electron chi connectivity index (χ0n) is 10.4. The second kappa shape index (κ2) is 5.38. The standard InChI is InChI=1S/C11H17BrN4O2/c1-3-18-8-4-6(13)10(8)15-7-5-14-16(2)11(17)9(7)12/h5-6,8,10,15H,3-4,13H2,1-2H3. The van der Waals surface area contributed by atoms with E-state index in [1.807, 2.05) is 6.92 Å². The van der Waals surface area contributed by atoms with Crippen LogP contribution in [0.1, 0.15) is 13.3 Å². The molecule has 1 aromatic heterocycles. The van der Waals surface area contributed by atoms with E-state index in [-0.39, 0.29) is 23.7 Å². The van der Waals surface area contributed by atoms with Gasteiger partial charge in [-0.25, -0.2) is 4.68 Å². The van der Waals surface area contributed by atoms with Crippen LogP contribution in [0.5, 0.6) is 0 Å². The van der Waals surface area contributed by atoms with Gasteiger partial charge in [0.2, 0.25) is 0 Å². The fraction of sp³-hybridized carbons (Fsp3) is 0.636. The minimum atomic E-state index is -0.180. The summed E-state index contributed by atoms with van der Waals surface area (Å²) in [4.78, 5) is 11.7. The molecule has 3 atom stereocenters. The van der Waals surface area contributed by atoms with Gasteiger partial charge in [0.1, 0.15) is 4.47 Å². The molecule has 0 spiro atoms. The van der Waals surface area contributed by atoms with Gasteiger partial charge in [-0.1, -0.05) is 0 Å². The summed E-state index contributed by atoms with van der Waals surface area (Å²) in [7, 11) is 1.61. The molecule has 1 saturated carbocycles. The van der Waals surface area contributed by atoms with Crippen molar-refractivity contribution in [2.24, 2.45) is 12.8 Å². The van der Waals surface area contributed by atoms with E-state index in [0.717, 1.165) is 6.42 Å². The number of nitrogens with two attached hydrogens (primary N) is 1. The van der Waals surface area contributed by atoms with Crippen molar-refractivity contribution in [3.63, 3.8) is 0 Å². The van der Waals surface area contributed by atoms with Gasteiger partial charge in [-0.15, -0.1) is 0 Å². The predicted octanol–water partition coefficient (Wildman–Crippen LogP) is 0.459. The molecule has 0 aromatic carbocycles. The third-order valence-corrected chi connectivity index (χ3v) is 3.91. The van der Waals surface area contributed by atoms with Crippen LogP contribution in [0.3, 0.4) is 0 Å². The normalized spacial score (nSPS) is 26.8. The van der Waals surface area contributed by atoms with Crippen LogP contribution in [0, 0.1) is 0 Å². The summed E-state index contributed by atoms with van der Waals surface area (Å²) in [5, 5.41) is 7.20. The van der Waals surface area contributed by atoms with E-state index < -0.39 is 0 Å². The van der Waals surface area contributed by atoms with Crippen molar-refractivity contribution >= 4 is 21.6 Å². The zero-order valence-corrected chi connectivity index (χ0v) is 12.0. The molecule has 0 aliphatic heterocycles. The van der Waals surface area contributed by atoms with Crippen LogP contribution in [0.15, 0.2) is 15.5 Å². The van der Waals surface area contributed by atoms with Crippen LogP contribution in [0.4, 0.5) is 5.69 Å². The number of hydrogen-bond acceptors (Lipinski definition) is 5. The average Bonchev–Trinajstić information content (AvgIpc) is 2.35. The van der Waals surface area contributed by atoms with E-state index in [4.69, 9.17) is 10.5 Å². The van der Waals surface area contributed by atoms with Gasteiger partial charge in [-0.05, 0) is 29.3 Å². The van der Waals surface area contributed by atoms with Crippen molar-refractivity contribution in [2.45, 2.75) is 31.5 Å². The molecule has 7 heteroatoms. The molecule has 0 saturated heterocycles. The number of nitrogens with zero attached hydrogens (tertiary/aromatic N) is 2. The molecule has 0 radical (unpaired) electrons. The number of halogens is 1. The SMILES string of the molecule is CCOC1CC(N)C1Nc1cnn(C)c(=O)c1Br. The first-order chi connectivity index (χ1) is 8.54. The summed E-state index contributed by atoms with van der Waals surface area (Å²) in [5.74, 6) is 0. The van der Waals surface area contributed by atoms with Gasteiger partial charge in [0.25, 0.3) is 5.56 Å². The lowest BCUT2D eigenvalue weighted by molar-refractivity contribution is -0.0126. The minimum absolute atomic E-state index is 0.0233. The Hall–Kier alpha value is -0.920. The van der Waals surface area contributed by atoms with Gasteiger partial charge in [0, 0.05) is 19.7 Å². The summed E-state index contributed by atoms with van der Waals surface area (Å²) in [6, 6.07) is 0.0627. The maximum Gasteiger partial charge on any atom is 0.282 e. The van der Waals surface area contributed by atoms with Crippen molar-refractivity contribution in [3.05, 3.63) is 21.0 Å². The van der Waals surface area contributed by atoms with Crippen molar-refractivity contribution in [3.8, 4) is 0 Å². The molecule has 2 rings (SSSR count). The number of aromatic nitrogens is 2. The molecule has 1 aliphatic rings. The highest BCUT2D eigenvalue weighted by molar-refractivity contribution is 9.10. The fourth-order valence-electron chi connectivity index (χ4n) is 2.02. The van der Waals surface area contributed by atoms with E-state index in [0.29, 0.717) is 16.8 Å². The highest BCUT2D eigenvalue weighted by Gasteiger charge is 2.39. The highest BCUT2D eigenvalue weighted by atomic mass is 79.9. The molecule has 3 N–H and O–H groups in total. The van der Waals surface area contributed by atoms with Gasteiger partial charge in [-0.2, -0.15) is 5.10 Å². The van der Waals surface area contributed by atoms with Crippen molar-refractivity contribution in [1.29, 1.82) is 0 Å². The first kappa shape index (κ1) is 13.5. The molecule has 1 heterocycles. The van der Waals surface area contributed by atoms with Crippen LogP contribution < -0.4 is 16.6 Å². The molecular weight excluding hydrogens is 300 g/mol. The van der Waals surface area contributed by atoms with E-state index in [9.17, 15) is 4.79 Å². The molecular formula is C11H17BrN4O2. The van der Waals surface area contributed by atoms with Crippen LogP contribution >= 0.6 is 15.9 Å². The maximum absolute atomic E-state index is 11.7. The number of ether oxygens (including phenoxy) is 1. The third-order valence-electron chi connectivity index (χ3n) is 3.15. The average molecular weight is 317 g/mol. The predicted molar refractivity (Wildman–Crippen MR) is 72.6 cm³/mol. The summed E-state index contributed by atoms with van der Waals surface area (Å²) in [5.41, 5.74) is 6.42. The van der Waals surface area contributed by atoms with E-state index in [1.165, 1.54) is 4.68 Å². The molecule has 3 unspecified atom stereocenters. The molecule has 6 nitrogen and oxygen atoms in total. The topological polar surface area (TPSA) is 82.2 Å². The molecule has 0 bridgehead atoms. The van der Waals surface area contributed by atoms with Gasteiger partial charge in [-0.3, -0.25) is 4.79 Å². The largest absolute Gasteiger partial charge is 0.376 e. The Morgan fingerprint density at radius 3 is 3.06 bits per heavy atom. The van der Waals surface area contributed by atoms with Gasteiger partial charge in [0.05, 0.1) is 24.0 Å². The summed E-state index contributed by atoms with van der Waals surface area (Å²) in [6.07, 6.45) is 2.54. The monoisotopic (exact) mass is 316 g/mol. The van der Waals surface area contributed by atoms with Gasteiger partial charge < -0.3 is 15.8 Å². The Kier molecular flexibility index (Phi) is 4.04. The highest BCUT2D eigenvalue weighted by Crippen LogP contribution is 2.28. The summed E-state index contributed by atoms with van der Waals surface area (Å²) in [6.45, 7) is 2.61. The van der Waals surface area contributed by atoms with Crippen LogP contribution in [0.2, 0.25) is 0 Å². The van der Waals surface area contributed by atoms with Crippen molar-refractivity contribution in [2.75, 3.05) is 11.9 Å². The Morgan fingerprint density at radius 2 is 2.44 bits per heavy atom. The third kappa shape index (κ3) is 2.43. The molecule has 100 valence electrons. The van der Waals surface area contributed by atoms with Crippen molar-refractivity contribution in [1.82, 2.24) is 9.78 Å². The lowest BCUT2D eigenvalue weighted by atomic mass is 9.83. The lowest BCUT2D eigenvalue weighted by Crippen LogP contribution is -2.60. The molecule has 18 heavy (non-hydrogen) atoms. The summed E-state index contributed by atoms with van der Waals surface area (Å²) < 4.78 is 7.31. The molecule has 1 aromatic rings. The first-order valence-electron chi connectivity index (χ1n) is 5.90. The smallest absolute Gasteiger partial charge is 0.282 e. The minimum Gasteiger partial charge on any atom is -0.376 e. The Bertz CT molecular complexity index is 488. The number of aryl methyl sites for hydroxylation is 1. The maximum atomic E-state index is 11.7. The Morgan fingerprint density at radius 1 is 1.72 bits per heavy atom. The number of hydrogen-bond donors (Lipinski definition) is 2. The van der Waals surface area contributed by atoms with Crippen molar-refractivity contribution < 1.29 is 4.74 Å². The van der Waals surface area contributed by atoms with E-state index in [1.54, 1.807) is 13.2 Å². The fourth-order valence-corrected chi connectivity index (χ4v) is 2.49. The Balaban J connectivity index is 2.14. The molecule has 0 amide bonds. The molecule has 1 fully saturated rings. The summed E-state index contributed by atoms with van der Waals surface area (Å²) >= 11 is 3.27. The first-order valence-corrected chi connectivity index (χ1v) is 6.69. The number of anilines is 1. The van der Waals surface area contributed by atoms with Gasteiger partial charge >= 0.3 is 0 Å². The lowest BCUT2D eigenvalue weighted by Gasteiger charge is -2.43. The zero-order chi connectivity index (χ0) is 13.3. The number of rotatable bonds is 4. The van der Waals surface area contributed by atoms with E-state index in [2.05, 4.69) is 26.3 Å². The van der Waals surface area contributed by atoms with Crippen LogP contribution in [0.25, 0.3) is 0 Å². The number of nitrogens with one attached hydrogen (secondary N) is 1. The van der Waals surface area contributed by atoms with Crippen LogP contribution in [-0.2, 0) is 11.8 Å². The van der Waals surface area contributed by atoms with Gasteiger partial charge in [0.15, 0.2) is 0 Å². The Labute approximate surface area is 114 Å². The molecule has 1 aliphatic carbocycles. The van der Waals surface area contributed by atoms with Crippen LogP contribution in [-0.4, -0.2) is 34.6 Å².